The fourth-order valence-corrected chi connectivity index (χ4v) is 2.74. The monoisotopic (exact) mass is 263 g/mol. The Hall–Kier alpha value is -1.05. The summed E-state index contributed by atoms with van der Waals surface area (Å²) in [7, 11) is -3.58. The average Bonchev–Trinajstić information content (AvgIpc) is 2.25. The molecule has 1 aromatic rings. The van der Waals surface area contributed by atoms with Gasteiger partial charge in [0.2, 0.25) is 10.0 Å². The first kappa shape index (κ1) is 12.4. The largest absolute Gasteiger partial charge is 0.363 e. The minimum atomic E-state index is -3.58. The highest BCUT2D eigenvalue weighted by atomic mass is 32.2. The number of ether oxygens (including phenoxy) is 1. The third-order valence-electron chi connectivity index (χ3n) is 2.51. The third-order valence-corrected chi connectivity index (χ3v) is 4.07. The van der Waals surface area contributed by atoms with E-state index in [2.05, 4.69) is 0 Å². The van der Waals surface area contributed by atoms with E-state index in [1.807, 2.05) is 0 Å². The molecule has 0 saturated carbocycles. The van der Waals surface area contributed by atoms with Crippen molar-refractivity contribution in [3.05, 3.63) is 35.4 Å². The first-order chi connectivity index (χ1) is 8.00. The van der Waals surface area contributed by atoms with Crippen molar-refractivity contribution in [3.8, 4) is 0 Å². The van der Waals surface area contributed by atoms with Crippen LogP contribution >= 0.6 is 0 Å². The molecule has 0 bridgehead atoms. The van der Waals surface area contributed by atoms with Crippen LogP contribution in [0.4, 0.5) is 8.78 Å². The Labute approximate surface area is 97.9 Å². The fourth-order valence-electron chi connectivity index (χ4n) is 1.58. The molecule has 1 aliphatic heterocycles. The first-order valence-corrected chi connectivity index (χ1v) is 6.60. The zero-order chi connectivity index (χ0) is 12.5. The van der Waals surface area contributed by atoms with Crippen molar-refractivity contribution in [3.63, 3.8) is 0 Å². The van der Waals surface area contributed by atoms with Gasteiger partial charge in [-0.25, -0.2) is 17.2 Å². The van der Waals surface area contributed by atoms with E-state index in [1.165, 1.54) is 6.07 Å². The van der Waals surface area contributed by atoms with Crippen molar-refractivity contribution >= 4 is 10.0 Å². The molecule has 0 amide bonds. The molecule has 1 heterocycles. The molecule has 0 unspecified atom stereocenters. The Morgan fingerprint density at radius 3 is 2.53 bits per heavy atom. The second-order valence-corrected chi connectivity index (χ2v) is 5.59. The molecule has 4 nitrogen and oxygen atoms in total. The van der Waals surface area contributed by atoms with Crippen LogP contribution in [0.2, 0.25) is 0 Å². The number of nitrogens with zero attached hydrogens (tertiary/aromatic N) is 1. The van der Waals surface area contributed by atoms with Gasteiger partial charge in [0.25, 0.3) is 0 Å². The quantitative estimate of drug-likeness (QED) is 0.802. The Morgan fingerprint density at radius 2 is 1.94 bits per heavy atom. The second-order valence-electron chi connectivity index (χ2n) is 3.67. The molecule has 0 radical (unpaired) electrons. The smallest absolute Gasteiger partial charge is 0.238 e. The summed E-state index contributed by atoms with van der Waals surface area (Å²) in [5, 5.41) is 0. The minimum Gasteiger partial charge on any atom is -0.363 e. The van der Waals surface area contributed by atoms with Gasteiger partial charge in [-0.15, -0.1) is 0 Å². The lowest BCUT2D eigenvalue weighted by molar-refractivity contribution is 0.129. The minimum absolute atomic E-state index is 0.107. The molecule has 7 heteroatoms. The van der Waals surface area contributed by atoms with Gasteiger partial charge >= 0.3 is 0 Å². The van der Waals surface area contributed by atoms with Crippen molar-refractivity contribution in [1.82, 2.24) is 4.31 Å². The molecule has 0 N–H and O–H groups in total. The summed E-state index contributed by atoms with van der Waals surface area (Å²) in [6.07, 6.45) is 0. The number of hydrogen-bond donors (Lipinski definition) is 0. The lowest BCUT2D eigenvalue weighted by atomic mass is 10.2. The van der Waals surface area contributed by atoms with E-state index < -0.39 is 27.6 Å². The highest BCUT2D eigenvalue weighted by Gasteiger charge is 2.28. The Bertz CT molecular complexity index is 498. The average molecular weight is 263 g/mol. The summed E-state index contributed by atoms with van der Waals surface area (Å²) < 4.78 is 55.7. The van der Waals surface area contributed by atoms with E-state index >= 15 is 0 Å². The zero-order valence-electron chi connectivity index (χ0n) is 8.90. The van der Waals surface area contributed by atoms with E-state index in [9.17, 15) is 17.2 Å². The maximum Gasteiger partial charge on any atom is 0.238 e. The molecular formula is C10H11F2NO3S. The summed E-state index contributed by atoms with van der Waals surface area (Å²) in [6.45, 7) is 0.0373. The van der Waals surface area contributed by atoms with Gasteiger partial charge < -0.3 is 4.74 Å². The molecule has 1 aromatic carbocycles. The highest BCUT2D eigenvalue weighted by Crippen LogP contribution is 2.18. The van der Waals surface area contributed by atoms with Gasteiger partial charge in [-0.1, -0.05) is 6.07 Å². The van der Waals surface area contributed by atoms with Crippen LogP contribution in [0.1, 0.15) is 5.56 Å². The number of hydrogen-bond acceptors (Lipinski definition) is 3. The number of halogens is 2. The van der Waals surface area contributed by atoms with Gasteiger partial charge in [-0.2, -0.15) is 4.31 Å². The molecule has 0 atom stereocenters. The molecule has 0 spiro atoms. The maximum atomic E-state index is 13.4. The van der Waals surface area contributed by atoms with Crippen LogP contribution in [0.25, 0.3) is 0 Å². The SMILES string of the molecule is O=S1(=O)COCCN1Cc1c(F)cccc1F. The highest BCUT2D eigenvalue weighted by molar-refractivity contribution is 7.88. The second kappa shape index (κ2) is 4.67. The van der Waals surface area contributed by atoms with E-state index in [0.29, 0.717) is 0 Å². The van der Waals surface area contributed by atoms with Crippen LogP contribution in [0, 0.1) is 11.6 Å². The topological polar surface area (TPSA) is 46.6 Å². The lowest BCUT2D eigenvalue weighted by Gasteiger charge is -2.26. The Balaban J connectivity index is 2.26. The van der Waals surface area contributed by atoms with Gasteiger partial charge in [0.15, 0.2) is 5.94 Å². The van der Waals surface area contributed by atoms with Crippen LogP contribution in [0.15, 0.2) is 18.2 Å². The molecular weight excluding hydrogens is 252 g/mol. The molecule has 1 aliphatic rings. The number of rotatable bonds is 2. The van der Waals surface area contributed by atoms with E-state index in [4.69, 9.17) is 4.74 Å². The summed E-state index contributed by atoms with van der Waals surface area (Å²) in [5.74, 6) is -1.93. The number of benzene rings is 1. The molecule has 0 aliphatic carbocycles. The predicted molar refractivity (Wildman–Crippen MR) is 56.5 cm³/mol. The van der Waals surface area contributed by atoms with Gasteiger partial charge in [0.1, 0.15) is 11.6 Å². The van der Waals surface area contributed by atoms with Crippen molar-refractivity contribution in [1.29, 1.82) is 0 Å². The Kier molecular flexibility index (Phi) is 3.41. The Morgan fingerprint density at radius 1 is 1.29 bits per heavy atom. The molecule has 2 rings (SSSR count). The normalized spacial score (nSPS) is 20.4. The van der Waals surface area contributed by atoms with Gasteiger partial charge in [0, 0.05) is 18.7 Å². The third kappa shape index (κ3) is 2.62. The molecule has 1 fully saturated rings. The van der Waals surface area contributed by atoms with E-state index in [0.717, 1.165) is 16.4 Å². The summed E-state index contributed by atoms with van der Waals surface area (Å²) >= 11 is 0. The van der Waals surface area contributed by atoms with Gasteiger partial charge in [-0.3, -0.25) is 0 Å². The maximum absolute atomic E-state index is 13.4. The molecule has 94 valence electrons. The molecule has 0 aromatic heterocycles. The van der Waals surface area contributed by atoms with Crippen molar-refractivity contribution in [2.45, 2.75) is 6.54 Å². The van der Waals surface area contributed by atoms with Crippen LogP contribution in [-0.2, 0) is 21.3 Å². The summed E-state index contributed by atoms with van der Waals surface area (Å²) in [6, 6.07) is 3.44. The van der Waals surface area contributed by atoms with Crippen molar-refractivity contribution in [2.75, 3.05) is 19.1 Å². The summed E-state index contributed by atoms with van der Waals surface area (Å²) in [4.78, 5) is 0. The van der Waals surface area contributed by atoms with Crippen molar-refractivity contribution < 1.29 is 21.9 Å². The number of sulfonamides is 1. The standard InChI is InChI=1S/C10H11F2NO3S/c11-9-2-1-3-10(12)8(9)6-13-4-5-16-7-17(13,14)15/h1-3H,4-7H2. The molecule has 1 saturated heterocycles. The van der Waals surface area contributed by atoms with Crippen LogP contribution in [0.5, 0.6) is 0 Å². The van der Waals surface area contributed by atoms with Gasteiger partial charge in [-0.05, 0) is 12.1 Å². The first-order valence-electron chi connectivity index (χ1n) is 4.99. The van der Waals surface area contributed by atoms with Crippen molar-refractivity contribution in [2.24, 2.45) is 0 Å². The van der Waals surface area contributed by atoms with Crippen LogP contribution < -0.4 is 0 Å². The van der Waals surface area contributed by atoms with Gasteiger partial charge in [0.05, 0.1) is 6.61 Å². The summed E-state index contributed by atoms with van der Waals surface area (Å²) in [5.41, 5.74) is -0.238. The van der Waals surface area contributed by atoms with E-state index in [1.54, 1.807) is 0 Å². The van der Waals surface area contributed by atoms with Crippen LogP contribution in [-0.4, -0.2) is 31.8 Å². The van der Waals surface area contributed by atoms with Crippen LogP contribution in [0.3, 0.4) is 0 Å². The predicted octanol–water partition coefficient (Wildman–Crippen LogP) is 1.08. The molecule has 17 heavy (non-hydrogen) atoms. The fraction of sp³-hybridized carbons (Fsp3) is 0.400. The zero-order valence-corrected chi connectivity index (χ0v) is 9.71. The lowest BCUT2D eigenvalue weighted by Crippen LogP contribution is -2.41. The van der Waals surface area contributed by atoms with E-state index in [-0.39, 0.29) is 25.3 Å².